The van der Waals surface area contributed by atoms with Gasteiger partial charge in [-0.15, -0.1) is 0 Å². The van der Waals surface area contributed by atoms with Crippen LogP contribution in [0.3, 0.4) is 0 Å². The van der Waals surface area contributed by atoms with Crippen molar-refractivity contribution in [2.45, 2.75) is 33.4 Å². The smallest absolute Gasteiger partial charge is 0.423 e. The fourth-order valence-electron chi connectivity index (χ4n) is 4.64. The van der Waals surface area contributed by atoms with Crippen LogP contribution in [0.25, 0.3) is 11.1 Å². The number of likely N-dealkylation sites (N-methyl/N-ethyl adjacent to an activating group) is 1. The van der Waals surface area contributed by atoms with Gasteiger partial charge in [0.1, 0.15) is 17.9 Å². The van der Waals surface area contributed by atoms with Crippen molar-refractivity contribution in [1.82, 2.24) is 4.90 Å². The fourth-order valence-corrected chi connectivity index (χ4v) is 4.64. The predicted molar refractivity (Wildman–Crippen MR) is 181 cm³/mol. The first kappa shape index (κ1) is 36.5. The average molecular weight is 648 g/mol. The van der Waals surface area contributed by atoms with Crippen molar-refractivity contribution in [1.29, 1.82) is 0 Å². The topological polar surface area (TPSA) is 84.7 Å². The Morgan fingerprint density at radius 3 is 1.91 bits per heavy atom. The van der Waals surface area contributed by atoms with E-state index in [2.05, 4.69) is 116 Å². The summed E-state index contributed by atoms with van der Waals surface area (Å²) in [7, 11) is 4.11. The van der Waals surface area contributed by atoms with Gasteiger partial charge in [0.05, 0.1) is 4.92 Å². The quantitative estimate of drug-likeness (QED) is 0.0997. The molecular formula is C37H40F3N3O4. The van der Waals surface area contributed by atoms with Crippen LogP contribution in [0.15, 0.2) is 103 Å². The number of allylic oxidation sites excluding steroid dienone is 1. The highest BCUT2D eigenvalue weighted by Gasteiger charge is 2.38. The second-order valence-electron chi connectivity index (χ2n) is 11.2. The number of carbonyl (C=O) groups excluding carboxylic acids is 1. The molecule has 0 radical (unpaired) electrons. The SMILES string of the molecule is CC(C)C(=O)Nc1ccc([N+](=O)[O-])c(C(F)(F)F)c1.CC/C(=C(\c1ccccc1)c1ccc(OCCN(C)C)cc1)c1ccccc1. The maximum absolute atomic E-state index is 12.7. The molecule has 47 heavy (non-hydrogen) atoms. The van der Waals surface area contributed by atoms with Crippen LogP contribution in [-0.2, 0) is 11.0 Å². The number of nitrogens with zero attached hydrogens (tertiary/aromatic N) is 2. The Kier molecular flexibility index (Phi) is 13.3. The summed E-state index contributed by atoms with van der Waals surface area (Å²) in [6.07, 6.45) is -3.89. The van der Waals surface area contributed by atoms with Crippen LogP contribution in [0.4, 0.5) is 24.5 Å². The molecule has 4 aromatic rings. The number of nitro benzene ring substituents is 1. The molecule has 0 heterocycles. The molecule has 0 saturated heterocycles. The maximum Gasteiger partial charge on any atom is 0.423 e. The summed E-state index contributed by atoms with van der Waals surface area (Å²) in [6, 6.07) is 32.2. The van der Waals surface area contributed by atoms with Crippen LogP contribution in [-0.4, -0.2) is 43.0 Å². The number of ether oxygens (including phenoxy) is 1. The first-order chi connectivity index (χ1) is 22.3. The number of rotatable bonds is 11. The monoisotopic (exact) mass is 647 g/mol. The highest BCUT2D eigenvalue weighted by molar-refractivity contribution is 5.98. The van der Waals surface area contributed by atoms with Crippen LogP contribution in [0.1, 0.15) is 49.4 Å². The Bertz CT molecular complexity index is 1640. The third kappa shape index (κ3) is 10.8. The van der Waals surface area contributed by atoms with Gasteiger partial charge in [0.25, 0.3) is 5.69 Å². The van der Waals surface area contributed by atoms with Gasteiger partial charge in [-0.2, -0.15) is 13.2 Å². The molecule has 10 heteroatoms. The minimum Gasteiger partial charge on any atom is -0.492 e. The molecule has 4 aromatic carbocycles. The van der Waals surface area contributed by atoms with Gasteiger partial charge in [0, 0.05) is 24.2 Å². The Hall–Kier alpha value is -4.96. The molecule has 0 spiro atoms. The summed E-state index contributed by atoms with van der Waals surface area (Å²) in [5.41, 5.74) is 3.81. The molecule has 0 aliphatic rings. The summed E-state index contributed by atoms with van der Waals surface area (Å²) in [6.45, 7) is 6.98. The highest BCUT2D eigenvalue weighted by atomic mass is 19.4. The molecule has 0 atom stereocenters. The van der Waals surface area contributed by atoms with Crippen LogP contribution < -0.4 is 10.1 Å². The normalized spacial score (nSPS) is 11.8. The fraction of sp³-hybridized carbons (Fsp3) is 0.270. The van der Waals surface area contributed by atoms with Crippen LogP contribution in [0, 0.1) is 16.0 Å². The van der Waals surface area contributed by atoms with Crippen molar-refractivity contribution in [2.75, 3.05) is 32.6 Å². The van der Waals surface area contributed by atoms with Crippen molar-refractivity contribution in [3.05, 3.63) is 135 Å². The summed E-state index contributed by atoms with van der Waals surface area (Å²) in [5, 5.41) is 12.8. The lowest BCUT2D eigenvalue weighted by molar-refractivity contribution is -0.388. The van der Waals surface area contributed by atoms with Gasteiger partial charge in [-0.25, -0.2) is 0 Å². The molecule has 0 aromatic heterocycles. The lowest BCUT2D eigenvalue weighted by atomic mass is 9.88. The third-order valence-corrected chi connectivity index (χ3v) is 7.08. The van der Waals surface area contributed by atoms with E-state index < -0.39 is 34.2 Å². The van der Waals surface area contributed by atoms with Crippen molar-refractivity contribution < 1.29 is 27.6 Å². The molecule has 0 saturated carbocycles. The lowest BCUT2D eigenvalue weighted by Gasteiger charge is -2.17. The minimum absolute atomic E-state index is 0.128. The molecule has 1 amide bonds. The zero-order valence-electron chi connectivity index (χ0n) is 27.2. The summed E-state index contributed by atoms with van der Waals surface area (Å²) >= 11 is 0. The van der Waals surface area contributed by atoms with Gasteiger partial charge in [0.2, 0.25) is 5.91 Å². The molecule has 0 aliphatic carbocycles. The number of carbonyl (C=O) groups is 1. The summed E-state index contributed by atoms with van der Waals surface area (Å²) in [5.74, 6) is 0.0299. The zero-order chi connectivity index (χ0) is 34.6. The van der Waals surface area contributed by atoms with Gasteiger partial charge >= 0.3 is 6.18 Å². The van der Waals surface area contributed by atoms with E-state index in [0.29, 0.717) is 12.7 Å². The van der Waals surface area contributed by atoms with E-state index in [-0.39, 0.29) is 5.69 Å². The largest absolute Gasteiger partial charge is 0.492 e. The van der Waals surface area contributed by atoms with Gasteiger partial charge in [-0.3, -0.25) is 14.9 Å². The van der Waals surface area contributed by atoms with E-state index in [4.69, 9.17) is 4.74 Å². The van der Waals surface area contributed by atoms with E-state index in [9.17, 15) is 28.1 Å². The molecule has 4 rings (SSSR count). The predicted octanol–water partition coefficient (Wildman–Crippen LogP) is 9.20. The number of halogens is 3. The molecule has 7 nitrogen and oxygen atoms in total. The van der Waals surface area contributed by atoms with Crippen molar-refractivity contribution in [3.63, 3.8) is 0 Å². The van der Waals surface area contributed by atoms with Gasteiger partial charge in [-0.1, -0.05) is 93.6 Å². The molecule has 0 aliphatic heterocycles. The van der Waals surface area contributed by atoms with E-state index in [1.54, 1.807) is 13.8 Å². The number of nitro groups is 1. The van der Waals surface area contributed by atoms with Crippen LogP contribution >= 0.6 is 0 Å². The summed E-state index contributed by atoms with van der Waals surface area (Å²) in [4.78, 5) is 22.9. The second kappa shape index (κ2) is 17.1. The number of benzene rings is 4. The van der Waals surface area contributed by atoms with E-state index in [1.807, 2.05) is 0 Å². The van der Waals surface area contributed by atoms with E-state index >= 15 is 0 Å². The van der Waals surface area contributed by atoms with Crippen molar-refractivity contribution in [2.24, 2.45) is 5.92 Å². The Morgan fingerprint density at radius 2 is 1.43 bits per heavy atom. The standard InChI is InChI=1S/C26H29NO.C11H11F3N2O3/c1-4-25(21-11-7-5-8-12-21)26(22-13-9-6-10-14-22)23-15-17-24(18-16-23)28-20-19-27(2)3;1-6(2)10(17)15-7-3-4-9(16(18)19)8(5-7)11(12,13)14/h5-18H,4,19-20H2,1-3H3;3-6H,1-2H3,(H,15,17)/b26-25-;. The maximum atomic E-state index is 12.7. The molecule has 1 N–H and O–H groups in total. The number of hydrogen-bond acceptors (Lipinski definition) is 5. The molecule has 248 valence electrons. The Labute approximate surface area is 273 Å². The Morgan fingerprint density at radius 1 is 0.872 bits per heavy atom. The van der Waals surface area contributed by atoms with Gasteiger partial charge in [0.15, 0.2) is 0 Å². The number of hydrogen-bond donors (Lipinski definition) is 1. The highest BCUT2D eigenvalue weighted by Crippen LogP contribution is 2.38. The van der Waals surface area contributed by atoms with E-state index in [0.717, 1.165) is 30.8 Å². The van der Waals surface area contributed by atoms with Gasteiger partial charge in [-0.05, 0) is 72.6 Å². The van der Waals surface area contributed by atoms with Crippen molar-refractivity contribution in [3.8, 4) is 5.75 Å². The first-order valence-electron chi connectivity index (χ1n) is 15.2. The number of nitrogens with one attached hydrogen (secondary N) is 1. The van der Waals surface area contributed by atoms with Crippen LogP contribution in [0.5, 0.6) is 5.75 Å². The van der Waals surface area contributed by atoms with Crippen molar-refractivity contribution >= 4 is 28.4 Å². The zero-order valence-corrected chi connectivity index (χ0v) is 27.2. The van der Waals surface area contributed by atoms with Gasteiger partial charge < -0.3 is 15.0 Å². The van der Waals surface area contributed by atoms with Crippen LogP contribution in [0.2, 0.25) is 0 Å². The number of amides is 1. The average Bonchev–Trinajstić information content (AvgIpc) is 3.04. The minimum atomic E-state index is -4.86. The second-order valence-corrected chi connectivity index (χ2v) is 11.2. The molecule has 0 fully saturated rings. The first-order valence-corrected chi connectivity index (χ1v) is 15.2. The molecular weight excluding hydrogens is 607 g/mol. The Balaban J connectivity index is 0.000000277. The number of alkyl halides is 3. The number of anilines is 1. The summed E-state index contributed by atoms with van der Waals surface area (Å²) < 4.78 is 43.9. The van der Waals surface area contributed by atoms with E-state index in [1.165, 1.54) is 27.8 Å². The lowest BCUT2D eigenvalue weighted by Crippen LogP contribution is -2.19. The third-order valence-electron chi connectivity index (χ3n) is 7.08. The molecule has 0 unspecified atom stereocenters. The molecule has 0 bridgehead atoms.